The molecular formula is C20H17FN2O4. The molecule has 0 radical (unpaired) electrons. The van der Waals surface area contributed by atoms with Crippen LogP contribution in [-0.4, -0.2) is 18.9 Å². The van der Waals surface area contributed by atoms with Crippen LogP contribution in [0.15, 0.2) is 53.0 Å². The zero-order valence-electron chi connectivity index (χ0n) is 14.7. The number of carbonyl (C=O) groups excluding carboxylic acids is 2. The first kappa shape index (κ1) is 18.2. The van der Waals surface area contributed by atoms with Crippen LogP contribution in [0, 0.1) is 12.7 Å². The van der Waals surface area contributed by atoms with E-state index in [2.05, 4.69) is 10.9 Å². The van der Waals surface area contributed by atoms with E-state index in [9.17, 15) is 14.0 Å². The fourth-order valence-electron chi connectivity index (χ4n) is 2.57. The number of benzene rings is 2. The van der Waals surface area contributed by atoms with E-state index in [0.29, 0.717) is 16.7 Å². The number of aryl methyl sites for hydroxylation is 1. The van der Waals surface area contributed by atoms with Crippen LogP contribution in [0.1, 0.15) is 21.7 Å². The summed E-state index contributed by atoms with van der Waals surface area (Å²) in [6, 6.07) is 11.6. The average Bonchev–Trinajstić information content (AvgIpc) is 3.01. The minimum atomic E-state index is -0.576. The Balaban J connectivity index is 1.62. The summed E-state index contributed by atoms with van der Waals surface area (Å²) in [7, 11) is 1.37. The molecule has 0 aliphatic rings. The van der Waals surface area contributed by atoms with E-state index >= 15 is 0 Å². The van der Waals surface area contributed by atoms with Gasteiger partial charge >= 0.3 is 5.91 Å². The van der Waals surface area contributed by atoms with E-state index in [1.807, 2.05) is 18.2 Å². The van der Waals surface area contributed by atoms with Gasteiger partial charge in [-0.2, -0.15) is 0 Å². The van der Waals surface area contributed by atoms with Gasteiger partial charge in [0.15, 0.2) is 17.3 Å². The Morgan fingerprint density at radius 2 is 1.93 bits per heavy atom. The SMILES string of the molecule is COc1ccc(/C=C/C(=O)NNC(=O)c2oc3ccccc3c2C)cc1F. The quantitative estimate of drug-likeness (QED) is 0.547. The second-order valence-corrected chi connectivity index (χ2v) is 5.72. The number of furan rings is 1. The number of fused-ring (bicyclic) bond motifs is 1. The maximum absolute atomic E-state index is 13.6. The molecule has 0 bridgehead atoms. The molecule has 0 unspecified atom stereocenters. The van der Waals surface area contributed by atoms with Gasteiger partial charge in [-0.3, -0.25) is 20.4 Å². The molecule has 2 aromatic carbocycles. The molecule has 7 heteroatoms. The lowest BCUT2D eigenvalue weighted by molar-refractivity contribution is -0.117. The molecule has 138 valence electrons. The van der Waals surface area contributed by atoms with Crippen molar-refractivity contribution in [3.05, 3.63) is 71.2 Å². The van der Waals surface area contributed by atoms with Crippen LogP contribution in [0.25, 0.3) is 17.0 Å². The third-order valence-corrected chi connectivity index (χ3v) is 3.95. The Kier molecular flexibility index (Phi) is 5.21. The van der Waals surface area contributed by atoms with E-state index in [1.165, 1.54) is 31.4 Å². The summed E-state index contributed by atoms with van der Waals surface area (Å²) in [6.07, 6.45) is 2.59. The summed E-state index contributed by atoms with van der Waals surface area (Å²) in [5, 5.41) is 0.829. The number of hydrogen-bond donors (Lipinski definition) is 2. The topological polar surface area (TPSA) is 80.6 Å². The van der Waals surface area contributed by atoms with Gasteiger partial charge in [0, 0.05) is 17.0 Å². The number of hydrazine groups is 1. The number of methoxy groups -OCH3 is 1. The minimum absolute atomic E-state index is 0.116. The van der Waals surface area contributed by atoms with Crippen molar-refractivity contribution in [2.75, 3.05) is 7.11 Å². The van der Waals surface area contributed by atoms with Crippen molar-refractivity contribution in [1.29, 1.82) is 0 Å². The summed E-state index contributed by atoms with van der Waals surface area (Å²) in [5.74, 6) is -1.44. The lowest BCUT2D eigenvalue weighted by atomic mass is 10.1. The Labute approximate surface area is 154 Å². The van der Waals surface area contributed by atoms with Gasteiger partial charge in [-0.05, 0) is 36.8 Å². The van der Waals surface area contributed by atoms with Gasteiger partial charge in [-0.15, -0.1) is 0 Å². The number of hydrogen-bond acceptors (Lipinski definition) is 4. The molecule has 3 aromatic rings. The van der Waals surface area contributed by atoms with E-state index in [4.69, 9.17) is 9.15 Å². The molecule has 0 atom stereocenters. The normalized spacial score (nSPS) is 10.9. The van der Waals surface area contributed by atoms with Crippen molar-refractivity contribution < 1.29 is 23.1 Å². The van der Waals surface area contributed by atoms with Crippen LogP contribution in [0.4, 0.5) is 4.39 Å². The van der Waals surface area contributed by atoms with Gasteiger partial charge in [0.05, 0.1) is 7.11 Å². The molecule has 0 aliphatic heterocycles. The van der Waals surface area contributed by atoms with Crippen molar-refractivity contribution in [2.45, 2.75) is 6.92 Å². The van der Waals surface area contributed by atoms with Crippen molar-refractivity contribution >= 4 is 28.9 Å². The van der Waals surface area contributed by atoms with E-state index in [1.54, 1.807) is 19.1 Å². The fraction of sp³-hybridized carbons (Fsp3) is 0.100. The highest BCUT2D eigenvalue weighted by molar-refractivity contribution is 6.00. The molecule has 0 fully saturated rings. The fourth-order valence-corrected chi connectivity index (χ4v) is 2.57. The highest BCUT2D eigenvalue weighted by Gasteiger charge is 2.17. The molecule has 27 heavy (non-hydrogen) atoms. The number of para-hydroxylation sites is 1. The lowest BCUT2D eigenvalue weighted by Gasteiger charge is -2.04. The monoisotopic (exact) mass is 368 g/mol. The molecule has 3 rings (SSSR count). The summed E-state index contributed by atoms with van der Waals surface area (Å²) in [4.78, 5) is 24.1. The maximum atomic E-state index is 13.6. The number of halogens is 1. The van der Waals surface area contributed by atoms with Crippen molar-refractivity contribution in [3.8, 4) is 5.75 Å². The zero-order valence-corrected chi connectivity index (χ0v) is 14.7. The second-order valence-electron chi connectivity index (χ2n) is 5.72. The van der Waals surface area contributed by atoms with Crippen molar-refractivity contribution in [1.82, 2.24) is 10.9 Å². The van der Waals surface area contributed by atoms with Crippen LogP contribution in [0.5, 0.6) is 5.75 Å². The van der Waals surface area contributed by atoms with Gasteiger partial charge in [0.25, 0.3) is 5.91 Å². The summed E-state index contributed by atoms with van der Waals surface area (Å²) in [6.45, 7) is 1.76. The van der Waals surface area contributed by atoms with Gasteiger partial charge in [0.1, 0.15) is 5.58 Å². The van der Waals surface area contributed by atoms with E-state index in [0.717, 1.165) is 5.39 Å². The molecule has 0 saturated carbocycles. The Morgan fingerprint density at radius 3 is 2.63 bits per heavy atom. The molecule has 2 amide bonds. The first-order valence-electron chi connectivity index (χ1n) is 8.09. The summed E-state index contributed by atoms with van der Waals surface area (Å²) >= 11 is 0. The summed E-state index contributed by atoms with van der Waals surface area (Å²) < 4.78 is 24.0. The first-order valence-corrected chi connectivity index (χ1v) is 8.09. The minimum Gasteiger partial charge on any atom is -0.494 e. The predicted molar refractivity (Wildman–Crippen MR) is 98.5 cm³/mol. The number of amides is 2. The standard InChI is InChI=1S/C20H17FN2O4/c1-12-14-5-3-4-6-16(14)27-19(12)20(25)23-22-18(24)10-8-13-7-9-17(26-2)15(21)11-13/h3-11H,1-2H3,(H,22,24)(H,23,25)/b10-8+. The Bertz CT molecular complexity index is 1040. The largest absolute Gasteiger partial charge is 0.494 e. The van der Waals surface area contributed by atoms with Gasteiger partial charge < -0.3 is 9.15 Å². The highest BCUT2D eigenvalue weighted by Crippen LogP contribution is 2.24. The molecule has 6 nitrogen and oxygen atoms in total. The van der Waals surface area contributed by atoms with Crippen molar-refractivity contribution in [2.24, 2.45) is 0 Å². The van der Waals surface area contributed by atoms with Gasteiger partial charge in [-0.1, -0.05) is 24.3 Å². The van der Waals surface area contributed by atoms with Gasteiger partial charge in [-0.25, -0.2) is 4.39 Å². The van der Waals surface area contributed by atoms with Crippen LogP contribution in [0.2, 0.25) is 0 Å². The van der Waals surface area contributed by atoms with Crippen LogP contribution in [-0.2, 0) is 4.79 Å². The molecule has 0 saturated heterocycles. The third-order valence-electron chi connectivity index (χ3n) is 3.95. The van der Waals surface area contributed by atoms with E-state index < -0.39 is 17.6 Å². The van der Waals surface area contributed by atoms with Crippen LogP contribution in [0.3, 0.4) is 0 Å². The summed E-state index contributed by atoms with van der Waals surface area (Å²) in [5.41, 5.74) is 6.29. The Morgan fingerprint density at radius 1 is 1.15 bits per heavy atom. The van der Waals surface area contributed by atoms with Crippen LogP contribution < -0.4 is 15.6 Å². The third kappa shape index (κ3) is 3.98. The van der Waals surface area contributed by atoms with Crippen LogP contribution >= 0.6 is 0 Å². The number of rotatable bonds is 4. The molecule has 0 spiro atoms. The number of carbonyl (C=O) groups is 2. The van der Waals surface area contributed by atoms with Crippen molar-refractivity contribution in [3.63, 3.8) is 0 Å². The average molecular weight is 368 g/mol. The molecule has 1 aromatic heterocycles. The number of nitrogens with one attached hydrogen (secondary N) is 2. The molecular weight excluding hydrogens is 351 g/mol. The molecule has 1 heterocycles. The highest BCUT2D eigenvalue weighted by atomic mass is 19.1. The molecule has 2 N–H and O–H groups in total. The first-order chi connectivity index (χ1) is 13.0. The maximum Gasteiger partial charge on any atom is 0.305 e. The number of ether oxygens (including phenoxy) is 1. The van der Waals surface area contributed by atoms with Gasteiger partial charge in [0.2, 0.25) is 0 Å². The zero-order chi connectivity index (χ0) is 19.4. The van der Waals surface area contributed by atoms with E-state index in [-0.39, 0.29) is 11.5 Å². The molecule has 0 aliphatic carbocycles. The Hall–Kier alpha value is -3.61. The second kappa shape index (κ2) is 7.74. The predicted octanol–water partition coefficient (Wildman–Crippen LogP) is 3.36. The smallest absolute Gasteiger partial charge is 0.305 e. The lowest BCUT2D eigenvalue weighted by Crippen LogP contribution is -2.40.